The Labute approximate surface area is 165 Å². The molecule has 6 nitrogen and oxygen atoms in total. The van der Waals surface area contributed by atoms with Crippen LogP contribution in [0.15, 0.2) is 42.5 Å². The molecule has 0 aliphatic rings. The molecule has 0 saturated carbocycles. The summed E-state index contributed by atoms with van der Waals surface area (Å²) >= 11 is 0. The van der Waals surface area contributed by atoms with Gasteiger partial charge in [0.1, 0.15) is 5.75 Å². The van der Waals surface area contributed by atoms with Gasteiger partial charge in [-0.05, 0) is 75.6 Å². The summed E-state index contributed by atoms with van der Waals surface area (Å²) in [5.74, 6) is -0.554. The van der Waals surface area contributed by atoms with Gasteiger partial charge >= 0.3 is 5.97 Å². The number of carbonyl (C=O) groups is 2. The van der Waals surface area contributed by atoms with Crippen LogP contribution in [0, 0.1) is 13.8 Å². The van der Waals surface area contributed by atoms with Crippen molar-refractivity contribution in [2.24, 2.45) is 0 Å². The van der Waals surface area contributed by atoms with Crippen LogP contribution in [0.1, 0.15) is 43.6 Å². The Morgan fingerprint density at radius 3 is 2.18 bits per heavy atom. The average molecular weight is 385 g/mol. The highest BCUT2D eigenvalue weighted by Crippen LogP contribution is 2.24. The fourth-order valence-corrected chi connectivity index (χ4v) is 2.77. The standard InChI is InChI=1S/C22H27NO5/c1-6-27-21(26)22(4,5)28-18-9-7-16(8-10-18)19(24)20(25)23-17-12-14(2)11-15(3)13-17/h7-13,19,24H,6H2,1-5H3,(H,23,25). The molecule has 0 spiro atoms. The second kappa shape index (κ2) is 8.89. The van der Waals surface area contributed by atoms with Gasteiger partial charge in [0, 0.05) is 5.69 Å². The van der Waals surface area contributed by atoms with Gasteiger partial charge in [0.25, 0.3) is 5.91 Å². The molecule has 0 aromatic heterocycles. The molecule has 0 aliphatic heterocycles. The average Bonchev–Trinajstić information content (AvgIpc) is 2.60. The van der Waals surface area contributed by atoms with Crippen LogP contribution in [0.3, 0.4) is 0 Å². The summed E-state index contributed by atoms with van der Waals surface area (Å²) in [5, 5.41) is 13.1. The first-order valence-corrected chi connectivity index (χ1v) is 9.16. The summed E-state index contributed by atoms with van der Waals surface area (Å²) < 4.78 is 10.7. The Morgan fingerprint density at radius 1 is 1.07 bits per heavy atom. The SMILES string of the molecule is CCOC(=O)C(C)(C)Oc1ccc(C(O)C(=O)Nc2cc(C)cc(C)c2)cc1. The first-order valence-electron chi connectivity index (χ1n) is 9.16. The maximum absolute atomic E-state index is 12.4. The number of nitrogens with one attached hydrogen (secondary N) is 1. The Morgan fingerprint density at radius 2 is 1.64 bits per heavy atom. The predicted octanol–water partition coefficient (Wildman–Crippen LogP) is 3.70. The van der Waals surface area contributed by atoms with E-state index in [4.69, 9.17) is 9.47 Å². The minimum absolute atomic E-state index is 0.270. The quantitative estimate of drug-likeness (QED) is 0.710. The number of aliphatic hydroxyl groups excluding tert-OH is 1. The van der Waals surface area contributed by atoms with Crippen LogP contribution in [-0.4, -0.2) is 29.2 Å². The molecule has 2 aromatic rings. The third-order valence-corrected chi connectivity index (χ3v) is 4.07. The van der Waals surface area contributed by atoms with Gasteiger partial charge in [0.2, 0.25) is 0 Å². The molecule has 1 amide bonds. The van der Waals surface area contributed by atoms with Crippen LogP contribution in [0.2, 0.25) is 0 Å². The lowest BCUT2D eigenvalue weighted by Gasteiger charge is -2.24. The van der Waals surface area contributed by atoms with E-state index in [0.29, 0.717) is 17.0 Å². The van der Waals surface area contributed by atoms with E-state index in [1.165, 1.54) is 0 Å². The number of carbonyl (C=O) groups excluding carboxylic acids is 2. The number of benzene rings is 2. The Bertz CT molecular complexity index is 822. The van der Waals surface area contributed by atoms with Gasteiger partial charge in [0.05, 0.1) is 6.61 Å². The lowest BCUT2D eigenvalue weighted by molar-refractivity contribution is -0.158. The largest absolute Gasteiger partial charge is 0.476 e. The number of aliphatic hydroxyl groups is 1. The number of ether oxygens (including phenoxy) is 2. The fourth-order valence-electron chi connectivity index (χ4n) is 2.77. The Balaban J connectivity index is 2.05. The molecule has 0 fully saturated rings. The van der Waals surface area contributed by atoms with Crippen molar-refractivity contribution >= 4 is 17.6 Å². The van der Waals surface area contributed by atoms with Crippen molar-refractivity contribution in [3.05, 3.63) is 59.2 Å². The zero-order chi connectivity index (χ0) is 20.9. The third kappa shape index (κ3) is 5.57. The number of anilines is 1. The zero-order valence-electron chi connectivity index (χ0n) is 16.9. The Kier molecular flexibility index (Phi) is 6.80. The van der Waals surface area contributed by atoms with Crippen LogP contribution < -0.4 is 10.1 Å². The minimum atomic E-state index is -1.33. The number of esters is 1. The second-order valence-corrected chi connectivity index (χ2v) is 7.17. The molecule has 1 unspecified atom stereocenters. The number of rotatable bonds is 7. The minimum Gasteiger partial charge on any atom is -0.476 e. The number of hydrogen-bond acceptors (Lipinski definition) is 5. The molecule has 150 valence electrons. The molecule has 0 radical (unpaired) electrons. The molecule has 6 heteroatoms. The highest BCUT2D eigenvalue weighted by Gasteiger charge is 2.31. The van der Waals surface area contributed by atoms with Gasteiger partial charge < -0.3 is 19.9 Å². The highest BCUT2D eigenvalue weighted by atomic mass is 16.6. The van der Waals surface area contributed by atoms with E-state index in [-0.39, 0.29) is 6.61 Å². The van der Waals surface area contributed by atoms with Crippen LogP contribution >= 0.6 is 0 Å². The van der Waals surface area contributed by atoms with Gasteiger partial charge in [-0.3, -0.25) is 4.79 Å². The number of amides is 1. The third-order valence-electron chi connectivity index (χ3n) is 4.07. The zero-order valence-corrected chi connectivity index (χ0v) is 16.9. The van der Waals surface area contributed by atoms with Crippen molar-refractivity contribution < 1.29 is 24.2 Å². The molecular weight excluding hydrogens is 358 g/mol. The van der Waals surface area contributed by atoms with Gasteiger partial charge in [-0.2, -0.15) is 0 Å². The summed E-state index contributed by atoms with van der Waals surface area (Å²) in [6.07, 6.45) is -1.33. The molecule has 2 rings (SSSR count). The van der Waals surface area contributed by atoms with Crippen LogP contribution in [-0.2, 0) is 14.3 Å². The lowest BCUT2D eigenvalue weighted by atomic mass is 10.1. The van der Waals surface area contributed by atoms with Crippen molar-refractivity contribution in [2.75, 3.05) is 11.9 Å². The van der Waals surface area contributed by atoms with E-state index in [9.17, 15) is 14.7 Å². The summed E-state index contributed by atoms with van der Waals surface area (Å²) in [7, 11) is 0. The summed E-state index contributed by atoms with van der Waals surface area (Å²) in [4.78, 5) is 24.3. The van der Waals surface area contributed by atoms with Gasteiger partial charge in [0.15, 0.2) is 11.7 Å². The maximum atomic E-state index is 12.4. The number of hydrogen-bond donors (Lipinski definition) is 2. The monoisotopic (exact) mass is 385 g/mol. The van der Waals surface area contributed by atoms with E-state index in [1.54, 1.807) is 45.0 Å². The fraction of sp³-hybridized carbons (Fsp3) is 0.364. The smallest absolute Gasteiger partial charge is 0.349 e. The molecule has 0 aliphatic carbocycles. The highest BCUT2D eigenvalue weighted by molar-refractivity contribution is 5.94. The van der Waals surface area contributed by atoms with E-state index in [1.807, 2.05) is 32.0 Å². The van der Waals surface area contributed by atoms with Crippen LogP contribution in [0.4, 0.5) is 5.69 Å². The molecule has 2 N–H and O–H groups in total. The van der Waals surface area contributed by atoms with E-state index < -0.39 is 23.6 Å². The van der Waals surface area contributed by atoms with Crippen molar-refractivity contribution in [1.82, 2.24) is 0 Å². The molecule has 28 heavy (non-hydrogen) atoms. The molecular formula is C22H27NO5. The lowest BCUT2D eigenvalue weighted by Crippen LogP contribution is -2.39. The van der Waals surface area contributed by atoms with Crippen molar-refractivity contribution in [2.45, 2.75) is 46.3 Å². The summed E-state index contributed by atoms with van der Waals surface area (Å²) in [6, 6.07) is 12.1. The summed E-state index contributed by atoms with van der Waals surface area (Å²) in [5.41, 5.74) is 1.96. The predicted molar refractivity (Wildman–Crippen MR) is 107 cm³/mol. The molecule has 0 heterocycles. The number of aryl methyl sites for hydroxylation is 2. The van der Waals surface area contributed by atoms with Gasteiger partial charge in [-0.1, -0.05) is 18.2 Å². The van der Waals surface area contributed by atoms with E-state index in [2.05, 4.69) is 5.32 Å². The van der Waals surface area contributed by atoms with E-state index in [0.717, 1.165) is 11.1 Å². The van der Waals surface area contributed by atoms with Crippen molar-refractivity contribution in [3.8, 4) is 5.75 Å². The van der Waals surface area contributed by atoms with Gasteiger partial charge in [-0.15, -0.1) is 0 Å². The van der Waals surface area contributed by atoms with Crippen LogP contribution in [0.5, 0.6) is 5.75 Å². The second-order valence-electron chi connectivity index (χ2n) is 7.17. The molecule has 0 bridgehead atoms. The summed E-state index contributed by atoms with van der Waals surface area (Å²) in [6.45, 7) is 9.11. The van der Waals surface area contributed by atoms with E-state index >= 15 is 0 Å². The van der Waals surface area contributed by atoms with Crippen LogP contribution in [0.25, 0.3) is 0 Å². The normalized spacial score (nSPS) is 12.2. The maximum Gasteiger partial charge on any atom is 0.349 e. The molecule has 0 saturated heterocycles. The van der Waals surface area contributed by atoms with Crippen molar-refractivity contribution in [1.29, 1.82) is 0 Å². The first kappa shape index (κ1) is 21.4. The topological polar surface area (TPSA) is 84.9 Å². The first-order chi connectivity index (χ1) is 13.1. The van der Waals surface area contributed by atoms with Gasteiger partial charge in [-0.25, -0.2) is 4.79 Å². The Hall–Kier alpha value is -2.86. The molecule has 2 aromatic carbocycles. The molecule has 1 atom stereocenters. The van der Waals surface area contributed by atoms with Crippen molar-refractivity contribution in [3.63, 3.8) is 0 Å².